The van der Waals surface area contributed by atoms with Crippen LogP contribution in [0.4, 0.5) is 0 Å². The van der Waals surface area contributed by atoms with Gasteiger partial charge in [-0.2, -0.15) is 0 Å². The maximum Gasteiger partial charge on any atom is 0.312 e. The van der Waals surface area contributed by atoms with Gasteiger partial charge in [0.15, 0.2) is 12.6 Å². The topological polar surface area (TPSA) is 225 Å². The minimum Gasteiger partial charge on any atom is -0.469 e. The number of esters is 1. The van der Waals surface area contributed by atoms with Crippen molar-refractivity contribution < 1.29 is 69.3 Å². The first-order valence-corrected chi connectivity index (χ1v) is 21.4. The smallest absolute Gasteiger partial charge is 0.312 e. The third-order valence-corrected chi connectivity index (χ3v) is 17.6. The third kappa shape index (κ3) is 6.52. The highest BCUT2D eigenvalue weighted by atomic mass is 16.8. The lowest BCUT2D eigenvalue weighted by molar-refractivity contribution is -0.379. The van der Waals surface area contributed by atoms with Crippen LogP contribution in [0.5, 0.6) is 0 Å². The van der Waals surface area contributed by atoms with E-state index in [2.05, 4.69) is 40.7 Å². The normalized spacial score (nSPS) is 53.4. The molecule has 0 amide bonds. The molecule has 2 heterocycles. The summed E-state index contributed by atoms with van der Waals surface area (Å²) < 4.78 is 29.9. The van der Waals surface area contributed by atoms with Gasteiger partial charge in [0, 0.05) is 5.41 Å². The van der Waals surface area contributed by atoms with Gasteiger partial charge in [0.05, 0.1) is 38.4 Å². The van der Waals surface area contributed by atoms with E-state index >= 15 is 0 Å². The van der Waals surface area contributed by atoms with E-state index in [1.54, 1.807) is 0 Å². The van der Waals surface area contributed by atoms with Crippen molar-refractivity contribution >= 4 is 5.97 Å². The van der Waals surface area contributed by atoms with Crippen molar-refractivity contribution in [2.45, 2.75) is 173 Å². The highest BCUT2D eigenvalue weighted by molar-refractivity contribution is 5.78. The zero-order valence-electron chi connectivity index (χ0n) is 34.9. The van der Waals surface area contributed by atoms with Gasteiger partial charge in [-0.1, -0.05) is 53.2 Å². The summed E-state index contributed by atoms with van der Waals surface area (Å²) in [6.07, 6.45) is -5.18. The van der Waals surface area contributed by atoms with E-state index in [-0.39, 0.29) is 52.0 Å². The summed E-state index contributed by atoms with van der Waals surface area (Å²) in [5.41, 5.74) is -0.0994. The molecule has 7 rings (SSSR count). The fraction of sp³-hybridized carbons (Fsp3) is 0.930. The lowest BCUT2D eigenvalue weighted by Crippen LogP contribution is -2.67. The molecule has 8 N–H and O–H groups in total. The number of fused-ring (bicyclic) bond motifs is 7. The maximum atomic E-state index is 13.7. The van der Waals surface area contributed by atoms with Crippen molar-refractivity contribution in [2.24, 2.45) is 50.2 Å². The van der Waals surface area contributed by atoms with Crippen LogP contribution < -0.4 is 0 Å². The molecule has 4 saturated carbocycles. The van der Waals surface area contributed by atoms with Gasteiger partial charge in [-0.3, -0.25) is 4.79 Å². The highest BCUT2D eigenvalue weighted by Gasteiger charge is 2.70. The van der Waals surface area contributed by atoms with Gasteiger partial charge in [-0.25, -0.2) is 0 Å². The molecule has 0 spiro atoms. The number of carbonyl (C=O) groups is 1. The molecule has 14 nitrogen and oxygen atoms in total. The van der Waals surface area contributed by atoms with Gasteiger partial charge < -0.3 is 64.5 Å². The third-order valence-electron chi connectivity index (χ3n) is 17.6. The van der Waals surface area contributed by atoms with Crippen molar-refractivity contribution in [3.8, 4) is 0 Å². The second kappa shape index (κ2) is 15.3. The van der Waals surface area contributed by atoms with E-state index in [4.69, 9.17) is 23.7 Å². The van der Waals surface area contributed by atoms with Gasteiger partial charge >= 0.3 is 5.97 Å². The average molecular weight is 811 g/mol. The van der Waals surface area contributed by atoms with Gasteiger partial charge in [-0.05, 0) is 104 Å². The van der Waals surface area contributed by atoms with Crippen LogP contribution in [0.15, 0.2) is 11.6 Å². The van der Waals surface area contributed by atoms with Crippen LogP contribution in [0.1, 0.15) is 106 Å². The summed E-state index contributed by atoms with van der Waals surface area (Å²) in [6, 6.07) is 0. The number of hydrogen-bond donors (Lipinski definition) is 8. The first-order chi connectivity index (χ1) is 26.7. The molecule has 0 unspecified atom stereocenters. The Balaban J connectivity index is 1.17. The number of hydrogen-bond acceptors (Lipinski definition) is 14. The van der Waals surface area contributed by atoms with Crippen LogP contribution in [-0.2, 0) is 28.5 Å². The Kier molecular flexibility index (Phi) is 11.7. The largest absolute Gasteiger partial charge is 0.469 e. The number of aliphatic hydroxyl groups is 8. The van der Waals surface area contributed by atoms with Crippen molar-refractivity contribution in [3.63, 3.8) is 0 Å². The molecule has 0 aromatic heterocycles. The van der Waals surface area contributed by atoms with Crippen molar-refractivity contribution in [1.82, 2.24) is 0 Å². The molecule has 2 aliphatic heterocycles. The molecule has 19 atom stereocenters. The molecule has 57 heavy (non-hydrogen) atoms. The standard InChI is InChI=1S/C43H70O14/c1-38(2)14-16-43(37(52)53-7)17-15-41(5)22(23(43)18-38)8-9-27-39(3)12-11-28(40(4,21-46)26(39)10-13-42(27,41)6)56-36-34(32(50)30(48)25(20-45)55-36)57-35-33(51)31(49)29(47)24(19-44)54-35/h8,23-36,44-51H,9-21H2,1-7H3/t23-,24+,25+,26+,27+,28-,29+,30+,31-,32-,33+,34+,35-,36-,39-,40-,41+,42+,43-/m0/s1. The number of carbonyl (C=O) groups excluding carboxylic acids is 1. The minimum absolute atomic E-state index is 0.0225. The van der Waals surface area contributed by atoms with E-state index in [0.29, 0.717) is 6.42 Å². The van der Waals surface area contributed by atoms with Crippen LogP contribution in [0.3, 0.4) is 0 Å². The lowest BCUT2D eigenvalue weighted by atomic mass is 9.33. The fourth-order valence-corrected chi connectivity index (χ4v) is 13.9. The van der Waals surface area contributed by atoms with Gasteiger partial charge in [-0.15, -0.1) is 0 Å². The number of rotatable bonds is 8. The summed E-state index contributed by atoms with van der Waals surface area (Å²) in [5.74, 6) is 0.374. The predicted molar refractivity (Wildman–Crippen MR) is 204 cm³/mol. The summed E-state index contributed by atoms with van der Waals surface area (Å²) in [6.45, 7) is 12.5. The summed E-state index contributed by atoms with van der Waals surface area (Å²) in [7, 11) is 1.53. The number of allylic oxidation sites excluding steroid dienone is 2. The molecule has 0 aromatic rings. The van der Waals surface area contributed by atoms with Crippen LogP contribution in [0.25, 0.3) is 0 Å². The second-order valence-corrected chi connectivity index (χ2v) is 20.7. The van der Waals surface area contributed by atoms with Crippen molar-refractivity contribution in [3.05, 3.63) is 11.6 Å². The van der Waals surface area contributed by atoms with Gasteiger partial charge in [0.2, 0.25) is 0 Å². The lowest BCUT2D eigenvalue weighted by Gasteiger charge is -2.71. The molecular formula is C43H70O14. The molecule has 6 fully saturated rings. The summed E-state index contributed by atoms with van der Waals surface area (Å²) >= 11 is 0. The fourth-order valence-electron chi connectivity index (χ4n) is 13.9. The summed E-state index contributed by atoms with van der Waals surface area (Å²) in [4.78, 5) is 13.7. The zero-order valence-corrected chi connectivity index (χ0v) is 34.9. The zero-order chi connectivity index (χ0) is 41.7. The first kappa shape index (κ1) is 43.8. The molecule has 0 radical (unpaired) electrons. The van der Waals surface area contributed by atoms with E-state index in [0.717, 1.165) is 57.8 Å². The Morgan fingerprint density at radius 2 is 1.37 bits per heavy atom. The monoisotopic (exact) mass is 810 g/mol. The van der Waals surface area contributed by atoms with Gasteiger partial charge in [0.25, 0.3) is 0 Å². The van der Waals surface area contributed by atoms with Gasteiger partial charge in [0.1, 0.15) is 48.8 Å². The second-order valence-electron chi connectivity index (χ2n) is 20.7. The quantitative estimate of drug-likeness (QED) is 0.0998. The molecule has 0 aromatic carbocycles. The summed E-state index contributed by atoms with van der Waals surface area (Å²) in [5, 5.41) is 84.9. The molecule has 326 valence electrons. The maximum absolute atomic E-state index is 13.7. The predicted octanol–water partition coefficient (Wildman–Crippen LogP) is 1.94. The Hall–Kier alpha value is -1.27. The molecule has 2 saturated heterocycles. The van der Waals surface area contributed by atoms with E-state index in [9.17, 15) is 45.6 Å². The van der Waals surface area contributed by atoms with Crippen LogP contribution in [0, 0.1) is 50.2 Å². The molecule has 5 aliphatic carbocycles. The number of ether oxygens (including phenoxy) is 5. The minimum atomic E-state index is -1.78. The van der Waals surface area contributed by atoms with Crippen molar-refractivity contribution in [1.29, 1.82) is 0 Å². The first-order valence-electron chi connectivity index (χ1n) is 21.4. The molecular weight excluding hydrogens is 740 g/mol. The molecule has 0 bridgehead atoms. The molecule has 7 aliphatic rings. The number of aliphatic hydroxyl groups excluding tert-OH is 8. The van der Waals surface area contributed by atoms with Crippen LogP contribution in [-0.4, -0.2) is 141 Å². The van der Waals surface area contributed by atoms with E-state index in [1.165, 1.54) is 12.7 Å². The van der Waals surface area contributed by atoms with Crippen LogP contribution in [0.2, 0.25) is 0 Å². The highest BCUT2D eigenvalue weighted by Crippen LogP contribution is 2.76. The Labute approximate surface area is 336 Å². The molecule has 14 heteroatoms. The number of methoxy groups -OCH3 is 1. The Morgan fingerprint density at radius 1 is 0.737 bits per heavy atom. The average Bonchev–Trinajstić information content (AvgIpc) is 3.18. The van der Waals surface area contributed by atoms with E-state index in [1.807, 2.05) is 6.92 Å². The Bertz CT molecular complexity index is 1520. The Morgan fingerprint density at radius 3 is 2.00 bits per heavy atom. The van der Waals surface area contributed by atoms with Crippen LogP contribution >= 0.6 is 0 Å². The van der Waals surface area contributed by atoms with Crippen molar-refractivity contribution in [2.75, 3.05) is 26.9 Å². The SMILES string of the molecule is COC(=O)[C@]12CCC(C)(C)C[C@H]1C1=CC[C@@H]3[C@@]4(C)CC[C@H](O[C@@H]5O[C@H](CO)[C@@H](O)[C@H](O)[C@H]5O[C@@H]5O[C@H](CO)[C@@H](O)[C@H](O)[C@H]5O)[C@@](C)(CO)[C@@H]4CC[C@@]3(C)[C@]1(C)CC2. The van der Waals surface area contributed by atoms with E-state index < -0.39 is 91.6 Å².